The summed E-state index contributed by atoms with van der Waals surface area (Å²) in [6, 6.07) is 13.2. The number of nitrogens with zero attached hydrogens (tertiary/aromatic N) is 2. The number of anilines is 3. The van der Waals surface area contributed by atoms with Crippen LogP contribution in [0.1, 0.15) is 18.5 Å². The third kappa shape index (κ3) is 5.58. The van der Waals surface area contributed by atoms with Crippen LogP contribution < -0.4 is 20.7 Å². The van der Waals surface area contributed by atoms with Gasteiger partial charge in [0.25, 0.3) is 0 Å². The number of urea groups is 1. The van der Waals surface area contributed by atoms with Gasteiger partial charge in [-0.25, -0.2) is 14.8 Å². The molecule has 0 unspecified atom stereocenters. The highest BCUT2D eigenvalue weighted by atomic mass is 35.5. The smallest absolute Gasteiger partial charge is 0.406 e. The lowest BCUT2D eigenvalue weighted by molar-refractivity contribution is -0.274. The Bertz CT molecular complexity index is 1100. The van der Waals surface area contributed by atoms with Gasteiger partial charge in [0.05, 0.1) is 11.2 Å². The van der Waals surface area contributed by atoms with E-state index in [1.165, 1.54) is 12.1 Å². The number of alkyl halides is 3. The van der Waals surface area contributed by atoms with Gasteiger partial charge in [0.2, 0.25) is 5.28 Å². The highest BCUT2D eigenvalue weighted by molar-refractivity contribution is 6.28. The lowest BCUT2D eigenvalue weighted by atomic mass is 10.1. The number of amides is 2. The van der Waals surface area contributed by atoms with E-state index in [4.69, 9.17) is 11.6 Å². The fraction of sp³-hybridized carbons (Fsp3) is 0.190. The van der Waals surface area contributed by atoms with Gasteiger partial charge in [-0.15, -0.1) is 13.2 Å². The molecule has 2 aromatic carbocycles. The minimum absolute atomic E-state index is 0.198. The van der Waals surface area contributed by atoms with Crippen molar-refractivity contribution in [2.45, 2.75) is 24.7 Å². The normalized spacial score (nSPS) is 14.4. The molecule has 0 spiro atoms. The van der Waals surface area contributed by atoms with Crippen molar-refractivity contribution in [1.82, 2.24) is 9.97 Å². The summed E-state index contributed by atoms with van der Waals surface area (Å²) in [6.07, 6.45) is -1.33. The van der Waals surface area contributed by atoms with Crippen molar-refractivity contribution >= 4 is 34.7 Å². The molecule has 4 rings (SSSR count). The first-order valence-electron chi connectivity index (χ1n) is 9.52. The molecule has 11 heteroatoms. The number of carbonyl (C=O) groups is 1. The topological polar surface area (TPSA) is 88.2 Å². The SMILES string of the molecule is O=C(Nc1ccc(NC2(c3ccnc(Cl)n3)CC2)cc1)Nc1ccc(OC(F)(F)F)cc1. The Morgan fingerprint density at radius 1 is 0.938 bits per heavy atom. The number of hydrogen-bond acceptors (Lipinski definition) is 5. The van der Waals surface area contributed by atoms with Crippen molar-refractivity contribution in [2.75, 3.05) is 16.0 Å². The van der Waals surface area contributed by atoms with E-state index in [0.717, 1.165) is 36.4 Å². The molecule has 1 aliphatic carbocycles. The number of halogens is 4. The lowest BCUT2D eigenvalue weighted by Crippen LogP contribution is -2.21. The molecule has 32 heavy (non-hydrogen) atoms. The molecule has 0 radical (unpaired) electrons. The van der Waals surface area contributed by atoms with Gasteiger partial charge in [-0.2, -0.15) is 0 Å². The molecule has 0 saturated heterocycles. The number of aromatic nitrogens is 2. The van der Waals surface area contributed by atoms with Crippen LogP contribution in [0.2, 0.25) is 5.28 Å². The lowest BCUT2D eigenvalue weighted by Gasteiger charge is -2.18. The maximum atomic E-state index is 12.2. The predicted molar refractivity (Wildman–Crippen MR) is 114 cm³/mol. The van der Waals surface area contributed by atoms with E-state index in [9.17, 15) is 18.0 Å². The molecule has 2 amide bonds. The molecule has 3 aromatic rings. The summed E-state index contributed by atoms with van der Waals surface area (Å²) in [7, 11) is 0. The van der Waals surface area contributed by atoms with Gasteiger partial charge < -0.3 is 20.7 Å². The predicted octanol–water partition coefficient (Wildman–Crippen LogP) is 5.77. The van der Waals surface area contributed by atoms with Crippen LogP contribution in [0.4, 0.5) is 35.0 Å². The van der Waals surface area contributed by atoms with Gasteiger partial charge in [-0.3, -0.25) is 0 Å². The zero-order chi connectivity index (χ0) is 22.8. The fourth-order valence-electron chi connectivity index (χ4n) is 3.12. The average molecular weight is 464 g/mol. The quantitative estimate of drug-likeness (QED) is 0.404. The zero-order valence-electron chi connectivity index (χ0n) is 16.4. The molecule has 7 nitrogen and oxygen atoms in total. The fourth-order valence-corrected chi connectivity index (χ4v) is 3.27. The third-order valence-electron chi connectivity index (χ3n) is 4.74. The molecule has 1 fully saturated rings. The maximum absolute atomic E-state index is 12.2. The summed E-state index contributed by atoms with van der Waals surface area (Å²) in [4.78, 5) is 20.4. The number of hydrogen-bond donors (Lipinski definition) is 3. The van der Waals surface area contributed by atoms with E-state index in [1.807, 2.05) is 18.2 Å². The highest BCUT2D eigenvalue weighted by Crippen LogP contribution is 2.47. The first-order valence-corrected chi connectivity index (χ1v) is 9.90. The number of carbonyl (C=O) groups excluding carboxylic acids is 1. The van der Waals surface area contributed by atoms with Crippen LogP contribution in [-0.2, 0) is 5.54 Å². The standard InChI is InChI=1S/C21H17ClF3N5O2/c22-18-26-12-9-17(29-18)20(10-11-20)30-15-3-1-13(2-4-15)27-19(31)28-14-5-7-16(8-6-14)32-21(23,24)25/h1-9,12,30H,10-11H2,(H2,27,28,31). The molecule has 166 valence electrons. The Balaban J connectivity index is 1.32. The molecular formula is C21H17ClF3N5O2. The van der Waals surface area contributed by atoms with Gasteiger partial charge in [-0.1, -0.05) is 0 Å². The van der Waals surface area contributed by atoms with Gasteiger partial charge in [0.15, 0.2) is 0 Å². The summed E-state index contributed by atoms with van der Waals surface area (Å²) in [5.41, 5.74) is 2.25. The molecular weight excluding hydrogens is 447 g/mol. The van der Waals surface area contributed by atoms with Crippen LogP contribution in [0.3, 0.4) is 0 Å². The minimum Gasteiger partial charge on any atom is -0.406 e. The molecule has 1 saturated carbocycles. The third-order valence-corrected chi connectivity index (χ3v) is 4.92. The van der Waals surface area contributed by atoms with Gasteiger partial charge in [0.1, 0.15) is 5.75 Å². The Hall–Kier alpha value is -3.53. The number of nitrogens with one attached hydrogen (secondary N) is 3. The maximum Gasteiger partial charge on any atom is 0.573 e. The van der Waals surface area contributed by atoms with E-state index in [1.54, 1.807) is 18.3 Å². The summed E-state index contributed by atoms with van der Waals surface area (Å²) >= 11 is 5.89. The summed E-state index contributed by atoms with van der Waals surface area (Å²) in [5, 5.41) is 8.85. The largest absolute Gasteiger partial charge is 0.573 e. The van der Waals surface area contributed by atoms with Gasteiger partial charge >= 0.3 is 12.4 Å². The van der Waals surface area contributed by atoms with E-state index >= 15 is 0 Å². The van der Waals surface area contributed by atoms with E-state index < -0.39 is 12.4 Å². The molecule has 0 atom stereocenters. The van der Waals surface area contributed by atoms with Gasteiger partial charge in [-0.05, 0) is 79.0 Å². The minimum atomic E-state index is -4.77. The molecule has 0 bridgehead atoms. The Morgan fingerprint density at radius 3 is 2.03 bits per heavy atom. The monoisotopic (exact) mass is 463 g/mol. The Morgan fingerprint density at radius 2 is 1.50 bits per heavy atom. The van der Waals surface area contributed by atoms with Gasteiger partial charge in [0, 0.05) is 23.3 Å². The van der Waals surface area contributed by atoms with Crippen LogP contribution in [-0.4, -0.2) is 22.4 Å². The summed E-state index contributed by atoms with van der Waals surface area (Å²) in [6.45, 7) is 0. The Kier molecular flexibility index (Phi) is 5.79. The first kappa shape index (κ1) is 21.7. The van der Waals surface area contributed by atoms with Crippen molar-refractivity contribution in [1.29, 1.82) is 0 Å². The van der Waals surface area contributed by atoms with Crippen molar-refractivity contribution in [3.05, 3.63) is 71.8 Å². The molecule has 0 aliphatic heterocycles. The Labute approximate surface area is 186 Å². The van der Waals surface area contributed by atoms with Crippen LogP contribution in [0.5, 0.6) is 5.75 Å². The number of ether oxygens (including phenoxy) is 1. The summed E-state index contributed by atoms with van der Waals surface area (Å²) in [5.74, 6) is -0.371. The second-order valence-corrected chi connectivity index (χ2v) is 7.48. The second kappa shape index (κ2) is 8.54. The van der Waals surface area contributed by atoms with Crippen molar-refractivity contribution in [3.63, 3.8) is 0 Å². The van der Waals surface area contributed by atoms with E-state index in [2.05, 4.69) is 30.7 Å². The zero-order valence-corrected chi connectivity index (χ0v) is 17.2. The first-order chi connectivity index (χ1) is 15.2. The number of rotatable bonds is 6. The van der Waals surface area contributed by atoms with Crippen molar-refractivity contribution in [2.24, 2.45) is 0 Å². The molecule has 1 aromatic heterocycles. The molecule has 1 aliphatic rings. The highest BCUT2D eigenvalue weighted by Gasteiger charge is 2.46. The molecule has 3 N–H and O–H groups in total. The van der Waals surface area contributed by atoms with Crippen molar-refractivity contribution < 1.29 is 22.7 Å². The van der Waals surface area contributed by atoms with Crippen LogP contribution in [0, 0.1) is 0 Å². The number of benzene rings is 2. The second-order valence-electron chi connectivity index (χ2n) is 7.15. The van der Waals surface area contributed by atoms with E-state index in [-0.39, 0.29) is 16.6 Å². The van der Waals surface area contributed by atoms with Crippen LogP contribution in [0.25, 0.3) is 0 Å². The van der Waals surface area contributed by atoms with E-state index in [0.29, 0.717) is 11.4 Å². The van der Waals surface area contributed by atoms with Crippen molar-refractivity contribution in [3.8, 4) is 5.75 Å². The summed E-state index contributed by atoms with van der Waals surface area (Å²) < 4.78 is 40.4. The van der Waals surface area contributed by atoms with Crippen LogP contribution >= 0.6 is 11.6 Å². The van der Waals surface area contributed by atoms with Crippen LogP contribution in [0.15, 0.2) is 60.8 Å². The molecule has 1 heterocycles. The average Bonchev–Trinajstić information content (AvgIpc) is 3.51.